The van der Waals surface area contributed by atoms with Crippen molar-refractivity contribution in [1.82, 2.24) is 10.2 Å². The lowest BCUT2D eigenvalue weighted by Gasteiger charge is -2.32. The van der Waals surface area contributed by atoms with E-state index in [1.54, 1.807) is 0 Å². The molecule has 0 amide bonds. The molecule has 0 aliphatic carbocycles. The number of rotatable bonds is 6. The zero-order chi connectivity index (χ0) is 12.1. The van der Waals surface area contributed by atoms with Crippen LogP contribution in [0.2, 0.25) is 0 Å². The topological polar surface area (TPSA) is 44.7 Å². The second-order valence-corrected chi connectivity index (χ2v) is 5.66. The van der Waals surface area contributed by atoms with Crippen LogP contribution in [0.3, 0.4) is 0 Å². The van der Waals surface area contributed by atoms with E-state index in [1.165, 1.54) is 6.42 Å². The molecule has 2 heterocycles. The van der Waals surface area contributed by atoms with Crippen LogP contribution in [0.1, 0.15) is 19.8 Å². The third kappa shape index (κ3) is 3.41. The van der Waals surface area contributed by atoms with Crippen LogP contribution in [0.15, 0.2) is 0 Å². The summed E-state index contributed by atoms with van der Waals surface area (Å²) in [4.78, 5) is 2.51. The Hall–Kier alpha value is -0.160. The molecule has 0 saturated carbocycles. The lowest BCUT2D eigenvalue weighted by Crippen LogP contribution is -2.44. The van der Waals surface area contributed by atoms with E-state index in [-0.39, 0.29) is 0 Å². The predicted octanol–water partition coefficient (Wildman–Crippen LogP) is 0.317. The van der Waals surface area contributed by atoms with Gasteiger partial charge in [0.25, 0.3) is 0 Å². The van der Waals surface area contributed by atoms with Crippen molar-refractivity contribution >= 4 is 0 Å². The summed E-state index contributed by atoms with van der Waals surface area (Å²) in [5.41, 5.74) is 0.306. The molecule has 2 N–H and O–H groups in total. The van der Waals surface area contributed by atoms with Gasteiger partial charge in [0.2, 0.25) is 0 Å². The van der Waals surface area contributed by atoms with Gasteiger partial charge in [-0.15, -0.1) is 0 Å². The molecule has 2 unspecified atom stereocenters. The Kier molecular flexibility index (Phi) is 4.79. The first-order valence-electron chi connectivity index (χ1n) is 6.90. The molecule has 0 aromatic heterocycles. The summed E-state index contributed by atoms with van der Waals surface area (Å²) in [5.74, 6) is 0.494. The summed E-state index contributed by atoms with van der Waals surface area (Å²) in [5, 5.41) is 12.7. The summed E-state index contributed by atoms with van der Waals surface area (Å²) >= 11 is 0. The van der Waals surface area contributed by atoms with Crippen LogP contribution in [0.25, 0.3) is 0 Å². The maximum atomic E-state index is 9.19. The van der Waals surface area contributed by atoms with E-state index in [0.29, 0.717) is 17.9 Å². The van der Waals surface area contributed by atoms with Crippen LogP contribution >= 0.6 is 0 Å². The summed E-state index contributed by atoms with van der Waals surface area (Å²) in [6, 6.07) is 0. The third-order valence-corrected chi connectivity index (χ3v) is 4.12. The van der Waals surface area contributed by atoms with Crippen LogP contribution < -0.4 is 5.32 Å². The van der Waals surface area contributed by atoms with Crippen LogP contribution in [0, 0.1) is 11.3 Å². The van der Waals surface area contributed by atoms with Gasteiger partial charge in [0.05, 0.1) is 6.61 Å². The molecule has 0 bridgehead atoms. The fourth-order valence-corrected chi connectivity index (χ4v) is 3.04. The van der Waals surface area contributed by atoms with E-state index < -0.39 is 0 Å². The molecular weight excluding hydrogens is 216 g/mol. The molecule has 0 aromatic carbocycles. The second-order valence-electron chi connectivity index (χ2n) is 5.66. The van der Waals surface area contributed by atoms with E-state index in [9.17, 15) is 5.11 Å². The molecule has 17 heavy (non-hydrogen) atoms. The number of ether oxygens (including phenoxy) is 1. The number of nitrogens with zero attached hydrogens (tertiary/aromatic N) is 1. The first-order chi connectivity index (χ1) is 8.28. The SMILES string of the molecule is CCNCC1(CN2CCC(CO)C2)CCOC1. The van der Waals surface area contributed by atoms with Crippen molar-refractivity contribution in [1.29, 1.82) is 0 Å². The van der Waals surface area contributed by atoms with Gasteiger partial charge in [-0.1, -0.05) is 6.92 Å². The van der Waals surface area contributed by atoms with Crippen molar-refractivity contribution in [3.05, 3.63) is 0 Å². The molecule has 2 aliphatic heterocycles. The summed E-state index contributed by atoms with van der Waals surface area (Å²) in [6.07, 6.45) is 2.31. The predicted molar refractivity (Wildman–Crippen MR) is 68.0 cm³/mol. The minimum Gasteiger partial charge on any atom is -0.396 e. The number of hydrogen-bond donors (Lipinski definition) is 2. The van der Waals surface area contributed by atoms with Gasteiger partial charge in [-0.05, 0) is 31.8 Å². The zero-order valence-corrected chi connectivity index (χ0v) is 11.0. The average molecular weight is 242 g/mol. The maximum absolute atomic E-state index is 9.19. The fraction of sp³-hybridized carbons (Fsp3) is 1.00. The highest BCUT2D eigenvalue weighted by molar-refractivity contribution is 4.90. The number of likely N-dealkylation sites (tertiary alicyclic amines) is 1. The first-order valence-corrected chi connectivity index (χ1v) is 6.90. The molecule has 0 radical (unpaired) electrons. The Morgan fingerprint density at radius 1 is 1.53 bits per heavy atom. The molecule has 0 spiro atoms. The Balaban J connectivity index is 1.85. The van der Waals surface area contributed by atoms with E-state index in [1.807, 2.05) is 0 Å². The van der Waals surface area contributed by atoms with Crippen LogP contribution in [0.5, 0.6) is 0 Å². The summed E-state index contributed by atoms with van der Waals surface area (Å²) in [6.45, 7) is 9.70. The van der Waals surface area contributed by atoms with Gasteiger partial charge in [0.15, 0.2) is 0 Å². The van der Waals surface area contributed by atoms with Gasteiger partial charge in [0.1, 0.15) is 0 Å². The van der Waals surface area contributed by atoms with Crippen LogP contribution in [-0.2, 0) is 4.74 Å². The molecular formula is C13H26N2O2. The number of nitrogens with one attached hydrogen (secondary N) is 1. The van der Waals surface area contributed by atoms with Gasteiger partial charge >= 0.3 is 0 Å². The van der Waals surface area contributed by atoms with E-state index in [0.717, 1.165) is 52.4 Å². The van der Waals surface area contributed by atoms with Gasteiger partial charge in [-0.25, -0.2) is 0 Å². The van der Waals surface area contributed by atoms with Gasteiger partial charge in [-0.3, -0.25) is 0 Å². The Labute approximate surface area is 104 Å². The molecule has 100 valence electrons. The zero-order valence-electron chi connectivity index (χ0n) is 11.0. The average Bonchev–Trinajstić information content (AvgIpc) is 2.97. The lowest BCUT2D eigenvalue weighted by molar-refractivity contribution is 0.115. The van der Waals surface area contributed by atoms with Crippen LogP contribution in [0.4, 0.5) is 0 Å². The molecule has 2 aliphatic rings. The standard InChI is InChI=1S/C13H26N2O2/c1-2-14-9-13(4-6-17-11-13)10-15-5-3-12(7-15)8-16/h12,14,16H,2-11H2,1H3. The Bertz CT molecular complexity index is 229. The highest BCUT2D eigenvalue weighted by Gasteiger charge is 2.37. The quantitative estimate of drug-likeness (QED) is 0.704. The highest BCUT2D eigenvalue weighted by Crippen LogP contribution is 2.31. The van der Waals surface area contributed by atoms with Gasteiger partial charge < -0.3 is 20.1 Å². The molecule has 0 aromatic rings. The number of hydrogen-bond acceptors (Lipinski definition) is 4. The molecule has 4 heteroatoms. The third-order valence-electron chi connectivity index (χ3n) is 4.12. The number of aliphatic hydroxyl groups excluding tert-OH is 1. The van der Waals surface area contributed by atoms with Gasteiger partial charge in [0, 0.05) is 38.3 Å². The monoisotopic (exact) mass is 242 g/mol. The van der Waals surface area contributed by atoms with Crippen LogP contribution in [-0.4, -0.2) is 62.6 Å². The van der Waals surface area contributed by atoms with Crippen molar-refractivity contribution < 1.29 is 9.84 Å². The lowest BCUT2D eigenvalue weighted by atomic mass is 9.86. The minimum atomic E-state index is 0.306. The Morgan fingerprint density at radius 2 is 2.41 bits per heavy atom. The van der Waals surface area contributed by atoms with Crippen molar-refractivity contribution in [3.63, 3.8) is 0 Å². The van der Waals surface area contributed by atoms with Crippen molar-refractivity contribution in [3.8, 4) is 0 Å². The molecule has 4 nitrogen and oxygen atoms in total. The molecule has 2 atom stereocenters. The van der Waals surface area contributed by atoms with E-state index >= 15 is 0 Å². The normalized spacial score (nSPS) is 34.6. The largest absolute Gasteiger partial charge is 0.396 e. The fourth-order valence-electron chi connectivity index (χ4n) is 3.04. The first kappa shape index (κ1) is 13.3. The number of aliphatic hydroxyl groups is 1. The maximum Gasteiger partial charge on any atom is 0.0547 e. The van der Waals surface area contributed by atoms with Crippen molar-refractivity contribution in [2.24, 2.45) is 11.3 Å². The highest BCUT2D eigenvalue weighted by atomic mass is 16.5. The smallest absolute Gasteiger partial charge is 0.0547 e. The van der Waals surface area contributed by atoms with Crippen molar-refractivity contribution in [2.45, 2.75) is 19.8 Å². The van der Waals surface area contributed by atoms with Crippen molar-refractivity contribution in [2.75, 3.05) is 52.5 Å². The van der Waals surface area contributed by atoms with E-state index in [4.69, 9.17) is 4.74 Å². The van der Waals surface area contributed by atoms with Gasteiger partial charge in [-0.2, -0.15) is 0 Å². The summed E-state index contributed by atoms with van der Waals surface area (Å²) in [7, 11) is 0. The molecule has 2 rings (SSSR count). The second kappa shape index (κ2) is 6.14. The summed E-state index contributed by atoms with van der Waals surface area (Å²) < 4.78 is 5.60. The molecule has 2 fully saturated rings. The van der Waals surface area contributed by atoms with E-state index in [2.05, 4.69) is 17.1 Å². The Morgan fingerprint density at radius 3 is 3.00 bits per heavy atom. The minimum absolute atomic E-state index is 0.306. The molecule has 2 saturated heterocycles.